The Balaban J connectivity index is 0.000000227. The van der Waals surface area contributed by atoms with Crippen molar-refractivity contribution in [3.05, 3.63) is 86.4 Å². The van der Waals surface area contributed by atoms with Crippen molar-refractivity contribution < 1.29 is 25.8 Å². The SMILES string of the molecule is Cc1ccc(-c2ccc(C)cc2Cl)c(Cl)c1.Cc1ccc(OS(=O)(=O)C(F)(F)F)c(Cl)c1. The lowest BCUT2D eigenvalue weighted by Crippen LogP contribution is -2.28. The summed E-state index contributed by atoms with van der Waals surface area (Å²) in [6.45, 7) is 5.69. The summed E-state index contributed by atoms with van der Waals surface area (Å²) in [5.74, 6) is -0.551. The van der Waals surface area contributed by atoms with Gasteiger partial charge in [-0.1, -0.05) is 65.1 Å². The van der Waals surface area contributed by atoms with Gasteiger partial charge in [-0.25, -0.2) is 0 Å². The number of hydrogen-bond donors (Lipinski definition) is 0. The Morgan fingerprint density at radius 1 is 0.688 bits per heavy atom. The first kappa shape index (κ1) is 26.3. The van der Waals surface area contributed by atoms with Crippen LogP contribution in [0.3, 0.4) is 0 Å². The van der Waals surface area contributed by atoms with Crippen molar-refractivity contribution in [2.45, 2.75) is 26.3 Å². The Bertz CT molecular complexity index is 1180. The number of alkyl halides is 3. The topological polar surface area (TPSA) is 43.4 Å². The summed E-state index contributed by atoms with van der Waals surface area (Å²) in [4.78, 5) is 0. The Morgan fingerprint density at radius 3 is 1.41 bits per heavy atom. The highest BCUT2D eigenvalue weighted by molar-refractivity contribution is 7.88. The van der Waals surface area contributed by atoms with Crippen molar-refractivity contribution in [3.63, 3.8) is 0 Å². The molecule has 10 heteroatoms. The molecule has 3 rings (SSSR count). The van der Waals surface area contributed by atoms with Crippen LogP contribution in [0.4, 0.5) is 13.2 Å². The molecule has 0 heterocycles. The number of rotatable bonds is 3. The van der Waals surface area contributed by atoms with E-state index in [1.807, 2.05) is 50.2 Å². The third-order valence-corrected chi connectivity index (χ3v) is 6.00. The van der Waals surface area contributed by atoms with Gasteiger partial charge < -0.3 is 4.18 Å². The van der Waals surface area contributed by atoms with Crippen LogP contribution in [0.15, 0.2) is 54.6 Å². The third-order valence-electron chi connectivity index (χ3n) is 4.11. The Morgan fingerprint density at radius 2 is 1.06 bits per heavy atom. The molecular weight excluding hydrogens is 508 g/mol. The van der Waals surface area contributed by atoms with E-state index in [1.54, 1.807) is 6.92 Å². The molecule has 3 aromatic rings. The monoisotopic (exact) mass is 524 g/mol. The molecule has 0 radical (unpaired) electrons. The van der Waals surface area contributed by atoms with E-state index in [2.05, 4.69) is 4.18 Å². The maximum absolute atomic E-state index is 12.0. The zero-order chi connectivity index (χ0) is 24.3. The van der Waals surface area contributed by atoms with Gasteiger partial charge in [0.05, 0.1) is 5.02 Å². The van der Waals surface area contributed by atoms with E-state index in [-0.39, 0.29) is 5.02 Å². The van der Waals surface area contributed by atoms with E-state index >= 15 is 0 Å². The van der Waals surface area contributed by atoms with Crippen LogP contribution in [0.25, 0.3) is 11.1 Å². The van der Waals surface area contributed by atoms with Crippen LogP contribution in [0, 0.1) is 20.8 Å². The zero-order valence-corrected chi connectivity index (χ0v) is 20.2. The number of halogens is 6. The predicted molar refractivity (Wildman–Crippen MR) is 123 cm³/mol. The number of hydrogen-bond acceptors (Lipinski definition) is 3. The second kappa shape index (κ2) is 10.3. The molecule has 32 heavy (non-hydrogen) atoms. The van der Waals surface area contributed by atoms with Gasteiger partial charge in [-0.3, -0.25) is 0 Å². The number of aryl methyl sites for hydroxylation is 3. The fraction of sp³-hybridized carbons (Fsp3) is 0.182. The first-order chi connectivity index (χ1) is 14.7. The van der Waals surface area contributed by atoms with Gasteiger partial charge in [0.25, 0.3) is 0 Å². The Labute approximate surface area is 199 Å². The molecule has 0 fully saturated rings. The first-order valence-corrected chi connectivity index (χ1v) is 11.5. The Kier molecular flexibility index (Phi) is 8.50. The normalized spacial score (nSPS) is 11.5. The van der Waals surface area contributed by atoms with E-state index in [0.717, 1.165) is 38.4 Å². The van der Waals surface area contributed by atoms with E-state index in [9.17, 15) is 21.6 Å². The van der Waals surface area contributed by atoms with Gasteiger partial charge in [0.1, 0.15) is 0 Å². The third kappa shape index (κ3) is 6.78. The molecule has 0 spiro atoms. The summed E-state index contributed by atoms with van der Waals surface area (Å²) in [7, 11) is -5.67. The molecule has 0 aliphatic rings. The standard InChI is InChI=1S/C14H12Cl2.C8H6ClF3O3S/c1-9-3-5-11(13(15)7-9)12-6-4-10(2)8-14(12)16;1-5-2-3-7(6(9)4-5)15-16(13,14)8(10,11)12/h3-8H,1-2H3;2-4H,1H3. The maximum atomic E-state index is 12.0. The highest BCUT2D eigenvalue weighted by Crippen LogP contribution is 2.34. The van der Waals surface area contributed by atoms with Crippen LogP contribution in [0.2, 0.25) is 15.1 Å². The van der Waals surface area contributed by atoms with Crippen LogP contribution < -0.4 is 4.18 Å². The summed E-state index contributed by atoms with van der Waals surface area (Å²) < 4.78 is 61.1. The fourth-order valence-corrected chi connectivity index (χ4v) is 3.99. The molecule has 0 N–H and O–H groups in total. The second-order valence-corrected chi connectivity index (χ2v) is 9.64. The molecule has 0 unspecified atom stereocenters. The molecule has 3 aromatic carbocycles. The van der Waals surface area contributed by atoms with Gasteiger partial charge in [0.15, 0.2) is 5.75 Å². The lowest BCUT2D eigenvalue weighted by molar-refractivity contribution is -0.0500. The Hall–Kier alpha value is -1.93. The summed E-state index contributed by atoms with van der Waals surface area (Å²) in [6, 6.07) is 15.7. The van der Waals surface area contributed by atoms with Gasteiger partial charge >= 0.3 is 15.6 Å². The van der Waals surface area contributed by atoms with Gasteiger partial charge in [-0.05, 0) is 61.7 Å². The van der Waals surface area contributed by atoms with Gasteiger partial charge in [-0.15, -0.1) is 0 Å². The minimum Gasteiger partial charge on any atom is -0.374 e. The average Bonchev–Trinajstić information content (AvgIpc) is 2.64. The molecule has 0 atom stereocenters. The molecule has 0 aliphatic carbocycles. The van der Waals surface area contributed by atoms with Crippen LogP contribution in [-0.4, -0.2) is 13.9 Å². The van der Waals surface area contributed by atoms with Crippen molar-refractivity contribution in [2.24, 2.45) is 0 Å². The minimum absolute atomic E-state index is 0.201. The largest absolute Gasteiger partial charge is 0.534 e. The summed E-state index contributed by atoms with van der Waals surface area (Å²) in [5.41, 5.74) is -0.536. The average molecular weight is 526 g/mol. The van der Waals surface area contributed by atoms with Gasteiger partial charge in [0.2, 0.25) is 0 Å². The maximum Gasteiger partial charge on any atom is 0.534 e. The van der Waals surface area contributed by atoms with Gasteiger partial charge in [-0.2, -0.15) is 21.6 Å². The molecule has 0 saturated heterocycles. The molecule has 0 amide bonds. The second-order valence-electron chi connectivity index (χ2n) is 6.88. The molecule has 0 aliphatic heterocycles. The van der Waals surface area contributed by atoms with Crippen molar-refractivity contribution in [1.82, 2.24) is 0 Å². The molecule has 0 saturated carbocycles. The minimum atomic E-state index is -5.67. The van der Waals surface area contributed by atoms with Crippen molar-refractivity contribution in [3.8, 4) is 16.9 Å². The van der Waals surface area contributed by atoms with Crippen molar-refractivity contribution >= 4 is 44.9 Å². The predicted octanol–water partition coefficient (Wildman–Crippen LogP) is 8.15. The molecule has 0 aromatic heterocycles. The van der Waals surface area contributed by atoms with Crippen LogP contribution in [0.5, 0.6) is 5.75 Å². The van der Waals surface area contributed by atoms with E-state index < -0.39 is 21.4 Å². The summed E-state index contributed by atoms with van der Waals surface area (Å²) in [6.07, 6.45) is 0. The lowest BCUT2D eigenvalue weighted by atomic mass is 10.0. The molecule has 3 nitrogen and oxygen atoms in total. The first-order valence-electron chi connectivity index (χ1n) is 9.01. The van der Waals surface area contributed by atoms with Crippen molar-refractivity contribution in [2.75, 3.05) is 0 Å². The molecular formula is C22H18Cl3F3O3S. The van der Waals surface area contributed by atoms with E-state index in [4.69, 9.17) is 34.8 Å². The van der Waals surface area contributed by atoms with Crippen LogP contribution >= 0.6 is 34.8 Å². The van der Waals surface area contributed by atoms with Crippen LogP contribution in [0.1, 0.15) is 16.7 Å². The molecule has 0 bridgehead atoms. The zero-order valence-electron chi connectivity index (χ0n) is 17.1. The fourth-order valence-electron chi connectivity index (χ4n) is 2.52. The van der Waals surface area contributed by atoms with Crippen LogP contribution in [-0.2, 0) is 10.1 Å². The van der Waals surface area contributed by atoms with E-state index in [0.29, 0.717) is 5.56 Å². The number of benzene rings is 3. The summed E-state index contributed by atoms with van der Waals surface area (Å²) in [5, 5.41) is 1.28. The quantitative estimate of drug-likeness (QED) is 0.256. The highest BCUT2D eigenvalue weighted by Gasteiger charge is 2.48. The lowest BCUT2D eigenvalue weighted by Gasteiger charge is -2.10. The van der Waals surface area contributed by atoms with Crippen molar-refractivity contribution in [1.29, 1.82) is 0 Å². The molecule has 172 valence electrons. The van der Waals surface area contributed by atoms with E-state index in [1.165, 1.54) is 12.1 Å². The smallest absolute Gasteiger partial charge is 0.374 e. The van der Waals surface area contributed by atoms with Gasteiger partial charge in [0, 0.05) is 21.2 Å². The highest BCUT2D eigenvalue weighted by atomic mass is 35.5. The summed E-state index contributed by atoms with van der Waals surface area (Å²) >= 11 is 18.0.